The Morgan fingerprint density at radius 1 is 1.41 bits per heavy atom. The average Bonchev–Trinajstić information content (AvgIpc) is 2.23. The molecule has 1 aliphatic rings. The summed E-state index contributed by atoms with van der Waals surface area (Å²) in [5.41, 5.74) is 1.78. The van der Waals surface area contributed by atoms with Gasteiger partial charge in [0.25, 0.3) is 0 Å². The van der Waals surface area contributed by atoms with Gasteiger partial charge in [-0.2, -0.15) is 0 Å². The number of anilines is 1. The topological polar surface area (TPSA) is 32.3 Å². The molecule has 1 amide bonds. The van der Waals surface area contributed by atoms with Crippen molar-refractivity contribution in [2.75, 3.05) is 18.0 Å². The van der Waals surface area contributed by atoms with Crippen molar-refractivity contribution in [3.05, 3.63) is 28.2 Å². The van der Waals surface area contributed by atoms with E-state index in [0.717, 1.165) is 16.7 Å². The standard InChI is InChI=1S/C13H17BrN2O/c1-9-4-5-11(10(14)8-9)16-7-6-15-12(17)13(16,2)3/h4-5,8H,6-7H2,1-3H3,(H,15,17). The van der Waals surface area contributed by atoms with Gasteiger partial charge in [-0.25, -0.2) is 0 Å². The quantitative estimate of drug-likeness (QED) is 0.863. The summed E-state index contributed by atoms with van der Waals surface area (Å²) in [6.45, 7) is 7.49. The molecule has 1 aliphatic heterocycles. The maximum Gasteiger partial charge on any atom is 0.245 e. The molecule has 0 bridgehead atoms. The Bertz CT molecular complexity index is 457. The van der Waals surface area contributed by atoms with Gasteiger partial charge in [0, 0.05) is 17.6 Å². The van der Waals surface area contributed by atoms with Crippen molar-refractivity contribution >= 4 is 27.5 Å². The molecule has 17 heavy (non-hydrogen) atoms. The monoisotopic (exact) mass is 296 g/mol. The maximum absolute atomic E-state index is 11.9. The Labute approximate surface area is 110 Å². The van der Waals surface area contributed by atoms with Crippen molar-refractivity contribution < 1.29 is 4.79 Å². The normalized spacial score (nSPS) is 19.1. The summed E-state index contributed by atoms with van der Waals surface area (Å²) in [6, 6.07) is 6.22. The van der Waals surface area contributed by atoms with E-state index in [9.17, 15) is 4.79 Å². The SMILES string of the molecule is Cc1ccc(N2CCNC(=O)C2(C)C)c(Br)c1. The van der Waals surface area contributed by atoms with Crippen LogP contribution in [-0.4, -0.2) is 24.5 Å². The van der Waals surface area contributed by atoms with Crippen molar-refractivity contribution in [1.29, 1.82) is 0 Å². The van der Waals surface area contributed by atoms with Gasteiger partial charge in [-0.05, 0) is 54.4 Å². The van der Waals surface area contributed by atoms with Crippen LogP contribution in [0.4, 0.5) is 5.69 Å². The highest BCUT2D eigenvalue weighted by atomic mass is 79.9. The zero-order valence-corrected chi connectivity index (χ0v) is 12.0. The molecule has 0 radical (unpaired) electrons. The van der Waals surface area contributed by atoms with E-state index in [-0.39, 0.29) is 5.91 Å². The third kappa shape index (κ3) is 2.18. The number of rotatable bonds is 1. The number of hydrogen-bond donors (Lipinski definition) is 1. The molecular formula is C13H17BrN2O. The number of aryl methyl sites for hydroxylation is 1. The lowest BCUT2D eigenvalue weighted by molar-refractivity contribution is -0.126. The first-order chi connectivity index (χ1) is 7.93. The molecule has 0 atom stereocenters. The van der Waals surface area contributed by atoms with Crippen LogP contribution in [0.5, 0.6) is 0 Å². The minimum absolute atomic E-state index is 0.0798. The smallest absolute Gasteiger partial charge is 0.245 e. The summed E-state index contributed by atoms with van der Waals surface area (Å²) in [7, 11) is 0. The van der Waals surface area contributed by atoms with Crippen molar-refractivity contribution in [2.45, 2.75) is 26.3 Å². The van der Waals surface area contributed by atoms with Crippen LogP contribution < -0.4 is 10.2 Å². The largest absolute Gasteiger partial charge is 0.355 e. The number of carbonyl (C=O) groups is 1. The van der Waals surface area contributed by atoms with Crippen molar-refractivity contribution in [2.24, 2.45) is 0 Å². The first-order valence-electron chi connectivity index (χ1n) is 5.75. The minimum Gasteiger partial charge on any atom is -0.355 e. The van der Waals surface area contributed by atoms with E-state index in [1.165, 1.54) is 5.56 Å². The summed E-state index contributed by atoms with van der Waals surface area (Å²) < 4.78 is 1.04. The van der Waals surface area contributed by atoms with Crippen LogP contribution in [-0.2, 0) is 4.79 Å². The van der Waals surface area contributed by atoms with Crippen molar-refractivity contribution in [3.8, 4) is 0 Å². The molecule has 1 aromatic carbocycles. The van der Waals surface area contributed by atoms with Crippen molar-refractivity contribution in [1.82, 2.24) is 5.32 Å². The Kier molecular flexibility index (Phi) is 3.17. The summed E-state index contributed by atoms with van der Waals surface area (Å²) in [6.07, 6.45) is 0. The van der Waals surface area contributed by atoms with Crippen LogP contribution in [0.3, 0.4) is 0 Å². The number of carbonyl (C=O) groups excluding carboxylic acids is 1. The van der Waals surface area contributed by atoms with Crippen LogP contribution in [0, 0.1) is 6.92 Å². The molecule has 3 nitrogen and oxygen atoms in total. The Morgan fingerprint density at radius 2 is 2.12 bits per heavy atom. The second kappa shape index (κ2) is 4.33. The molecule has 2 rings (SSSR count). The number of halogens is 1. The van der Waals surface area contributed by atoms with Crippen LogP contribution in [0.15, 0.2) is 22.7 Å². The molecule has 1 fully saturated rings. The summed E-state index contributed by atoms with van der Waals surface area (Å²) in [4.78, 5) is 14.1. The number of nitrogens with one attached hydrogen (secondary N) is 1. The zero-order valence-electron chi connectivity index (χ0n) is 10.4. The van der Waals surface area contributed by atoms with Gasteiger partial charge in [-0.1, -0.05) is 6.07 Å². The third-order valence-corrected chi connectivity index (χ3v) is 3.88. The van der Waals surface area contributed by atoms with Gasteiger partial charge in [-0.15, -0.1) is 0 Å². The van der Waals surface area contributed by atoms with Crippen molar-refractivity contribution in [3.63, 3.8) is 0 Å². The molecule has 4 heteroatoms. The highest BCUT2D eigenvalue weighted by Crippen LogP contribution is 2.33. The number of nitrogens with zero attached hydrogens (tertiary/aromatic N) is 1. The predicted molar refractivity (Wildman–Crippen MR) is 73.3 cm³/mol. The molecule has 0 spiro atoms. The summed E-state index contributed by atoms with van der Waals surface area (Å²) >= 11 is 3.58. The van der Waals surface area contributed by atoms with Gasteiger partial charge in [0.05, 0.1) is 5.69 Å². The molecule has 0 saturated carbocycles. The fourth-order valence-electron chi connectivity index (χ4n) is 2.15. The second-order valence-electron chi connectivity index (χ2n) is 4.92. The number of amides is 1. The Balaban J connectivity index is 2.41. The van der Waals surface area contributed by atoms with Crippen LogP contribution in [0.2, 0.25) is 0 Å². The lowest BCUT2D eigenvalue weighted by Crippen LogP contribution is -2.62. The highest BCUT2D eigenvalue weighted by Gasteiger charge is 2.38. The summed E-state index contributed by atoms with van der Waals surface area (Å²) in [5.74, 6) is 0.0798. The van der Waals surface area contributed by atoms with E-state index in [4.69, 9.17) is 0 Å². The van der Waals surface area contributed by atoms with Gasteiger partial charge >= 0.3 is 0 Å². The highest BCUT2D eigenvalue weighted by molar-refractivity contribution is 9.10. The molecule has 1 N–H and O–H groups in total. The zero-order chi connectivity index (χ0) is 12.6. The summed E-state index contributed by atoms with van der Waals surface area (Å²) in [5, 5.41) is 2.91. The number of hydrogen-bond acceptors (Lipinski definition) is 2. The first-order valence-corrected chi connectivity index (χ1v) is 6.54. The van der Waals surface area contributed by atoms with E-state index in [1.807, 2.05) is 13.8 Å². The Morgan fingerprint density at radius 3 is 2.76 bits per heavy atom. The van der Waals surface area contributed by atoms with E-state index in [2.05, 4.69) is 51.3 Å². The molecule has 0 aliphatic carbocycles. The number of benzene rings is 1. The Hall–Kier alpha value is -1.03. The van der Waals surface area contributed by atoms with E-state index in [0.29, 0.717) is 6.54 Å². The van der Waals surface area contributed by atoms with Gasteiger partial charge in [-0.3, -0.25) is 4.79 Å². The molecule has 1 heterocycles. The lowest BCUT2D eigenvalue weighted by Gasteiger charge is -2.43. The van der Waals surface area contributed by atoms with Gasteiger partial charge in [0.15, 0.2) is 0 Å². The average molecular weight is 297 g/mol. The molecule has 1 saturated heterocycles. The van der Waals surface area contributed by atoms with Crippen LogP contribution >= 0.6 is 15.9 Å². The molecular weight excluding hydrogens is 280 g/mol. The predicted octanol–water partition coefficient (Wildman–Crippen LogP) is 2.47. The van der Waals surface area contributed by atoms with Crippen LogP contribution in [0.25, 0.3) is 0 Å². The van der Waals surface area contributed by atoms with Crippen LogP contribution in [0.1, 0.15) is 19.4 Å². The molecule has 92 valence electrons. The van der Waals surface area contributed by atoms with E-state index in [1.54, 1.807) is 0 Å². The van der Waals surface area contributed by atoms with Gasteiger partial charge in [0.1, 0.15) is 5.54 Å². The minimum atomic E-state index is -0.504. The fourth-order valence-corrected chi connectivity index (χ4v) is 2.86. The lowest BCUT2D eigenvalue weighted by atomic mass is 9.97. The third-order valence-electron chi connectivity index (χ3n) is 3.25. The molecule has 1 aromatic rings. The number of piperazine rings is 1. The fraction of sp³-hybridized carbons (Fsp3) is 0.462. The van der Waals surface area contributed by atoms with Gasteiger partial charge < -0.3 is 10.2 Å². The van der Waals surface area contributed by atoms with Gasteiger partial charge in [0.2, 0.25) is 5.91 Å². The second-order valence-corrected chi connectivity index (χ2v) is 5.78. The maximum atomic E-state index is 11.9. The molecule has 0 unspecified atom stereocenters. The van der Waals surface area contributed by atoms with E-state index < -0.39 is 5.54 Å². The first kappa shape index (κ1) is 12.4. The molecule has 0 aromatic heterocycles. The van der Waals surface area contributed by atoms with E-state index >= 15 is 0 Å².